The highest BCUT2D eigenvalue weighted by Crippen LogP contribution is 2.22. The van der Waals surface area contributed by atoms with Gasteiger partial charge in [0, 0.05) is 19.3 Å². The summed E-state index contributed by atoms with van der Waals surface area (Å²) < 4.78 is 4.64. The number of benzene rings is 1. The second kappa shape index (κ2) is 8.87. The Morgan fingerprint density at radius 2 is 2.00 bits per heavy atom. The van der Waals surface area contributed by atoms with Crippen molar-refractivity contribution in [2.24, 2.45) is 0 Å². The summed E-state index contributed by atoms with van der Waals surface area (Å²) in [4.78, 5) is 19.9. The first-order chi connectivity index (χ1) is 13.4. The molecule has 1 unspecified atom stereocenters. The second-order valence-corrected chi connectivity index (χ2v) is 7.66. The summed E-state index contributed by atoms with van der Waals surface area (Å²) in [6.45, 7) is 11.7. The summed E-state index contributed by atoms with van der Waals surface area (Å²) in [5.74, 6) is 0.433. The summed E-state index contributed by atoms with van der Waals surface area (Å²) in [5.41, 5.74) is 2.75. The maximum Gasteiger partial charge on any atom is 0.251 e. The van der Waals surface area contributed by atoms with Crippen LogP contribution in [0.25, 0.3) is 11.0 Å². The quantitative estimate of drug-likeness (QED) is 0.570. The van der Waals surface area contributed by atoms with Crippen LogP contribution < -0.4 is 5.32 Å². The number of halogens is 1. The molecule has 1 N–H and O–H groups in total. The number of nitrogens with one attached hydrogen (secondary N) is 1. The van der Waals surface area contributed by atoms with Crippen molar-refractivity contribution in [3.63, 3.8) is 0 Å². The predicted octanol–water partition coefficient (Wildman–Crippen LogP) is 3.85. The number of anilines is 1. The molecule has 1 atom stereocenters. The SMILES string of the molecule is CCN(CC)CCn1c(NC(=O)C(C)n2cc(Br)c(C)n2)nc2ccccc21. The number of imidazole rings is 1. The molecule has 0 radical (unpaired) electrons. The zero-order valence-electron chi connectivity index (χ0n) is 16.8. The molecule has 0 saturated heterocycles. The van der Waals surface area contributed by atoms with E-state index in [0.29, 0.717) is 5.95 Å². The van der Waals surface area contributed by atoms with Gasteiger partial charge < -0.3 is 9.47 Å². The molecule has 0 aliphatic rings. The summed E-state index contributed by atoms with van der Waals surface area (Å²) in [6.07, 6.45) is 1.82. The van der Waals surface area contributed by atoms with Crippen LogP contribution in [0.5, 0.6) is 0 Å². The largest absolute Gasteiger partial charge is 0.309 e. The number of likely N-dealkylation sites (N-methyl/N-ethyl adjacent to an activating group) is 1. The molecule has 2 aromatic heterocycles. The van der Waals surface area contributed by atoms with Crippen molar-refractivity contribution in [2.45, 2.75) is 40.3 Å². The Morgan fingerprint density at radius 3 is 2.64 bits per heavy atom. The first kappa shape index (κ1) is 20.5. The molecule has 1 amide bonds. The van der Waals surface area contributed by atoms with Gasteiger partial charge in [-0.05, 0) is 55.0 Å². The van der Waals surface area contributed by atoms with Crippen LogP contribution in [0.4, 0.5) is 5.95 Å². The summed E-state index contributed by atoms with van der Waals surface area (Å²) in [5, 5.41) is 7.40. The van der Waals surface area contributed by atoms with Gasteiger partial charge >= 0.3 is 0 Å². The molecular weight excluding hydrogens is 420 g/mol. The van der Waals surface area contributed by atoms with Crippen LogP contribution in [-0.4, -0.2) is 49.8 Å². The van der Waals surface area contributed by atoms with Crippen molar-refractivity contribution in [3.05, 3.63) is 40.6 Å². The number of hydrogen-bond acceptors (Lipinski definition) is 4. The van der Waals surface area contributed by atoms with E-state index in [4.69, 9.17) is 0 Å². The number of rotatable bonds is 8. The minimum absolute atomic E-state index is 0.144. The van der Waals surface area contributed by atoms with Gasteiger partial charge in [0.25, 0.3) is 5.91 Å². The summed E-state index contributed by atoms with van der Waals surface area (Å²) in [6, 6.07) is 7.52. The molecule has 8 heteroatoms. The van der Waals surface area contributed by atoms with Gasteiger partial charge in [0.2, 0.25) is 5.95 Å². The first-order valence-corrected chi connectivity index (χ1v) is 10.4. The first-order valence-electron chi connectivity index (χ1n) is 9.64. The van der Waals surface area contributed by atoms with Gasteiger partial charge in [-0.2, -0.15) is 5.10 Å². The molecule has 3 rings (SSSR count). The third-order valence-electron chi connectivity index (χ3n) is 5.06. The lowest BCUT2D eigenvalue weighted by atomic mass is 10.3. The zero-order valence-corrected chi connectivity index (χ0v) is 18.4. The van der Waals surface area contributed by atoms with E-state index in [1.807, 2.05) is 44.3 Å². The highest BCUT2D eigenvalue weighted by atomic mass is 79.9. The Hall–Kier alpha value is -2.19. The lowest BCUT2D eigenvalue weighted by Crippen LogP contribution is -2.29. The van der Waals surface area contributed by atoms with Crippen molar-refractivity contribution in [1.82, 2.24) is 24.2 Å². The number of aryl methyl sites for hydroxylation is 1. The fourth-order valence-electron chi connectivity index (χ4n) is 3.17. The molecular formula is C20H27BrN6O. The normalized spacial score (nSPS) is 12.6. The van der Waals surface area contributed by atoms with Crippen LogP contribution in [0.2, 0.25) is 0 Å². The molecule has 0 bridgehead atoms. The van der Waals surface area contributed by atoms with Gasteiger partial charge in [-0.25, -0.2) is 4.98 Å². The van der Waals surface area contributed by atoms with Crippen LogP contribution in [0.15, 0.2) is 34.9 Å². The van der Waals surface area contributed by atoms with E-state index in [-0.39, 0.29) is 5.91 Å². The Kier molecular flexibility index (Phi) is 6.51. The number of fused-ring (bicyclic) bond motifs is 1. The molecule has 0 aliphatic heterocycles. The van der Waals surface area contributed by atoms with Crippen molar-refractivity contribution in [3.8, 4) is 0 Å². The van der Waals surface area contributed by atoms with E-state index in [1.54, 1.807) is 4.68 Å². The Balaban J connectivity index is 1.85. The van der Waals surface area contributed by atoms with Gasteiger partial charge in [0.1, 0.15) is 6.04 Å². The number of carbonyl (C=O) groups is 1. The van der Waals surface area contributed by atoms with E-state index in [0.717, 1.165) is 47.4 Å². The molecule has 3 aromatic rings. The van der Waals surface area contributed by atoms with E-state index >= 15 is 0 Å². The fourth-order valence-corrected chi connectivity index (χ4v) is 3.46. The minimum Gasteiger partial charge on any atom is -0.309 e. The molecule has 0 spiro atoms. The van der Waals surface area contributed by atoms with E-state index in [1.165, 1.54) is 0 Å². The van der Waals surface area contributed by atoms with Crippen molar-refractivity contribution in [1.29, 1.82) is 0 Å². The van der Waals surface area contributed by atoms with Gasteiger partial charge in [-0.3, -0.25) is 14.8 Å². The zero-order chi connectivity index (χ0) is 20.3. The monoisotopic (exact) mass is 446 g/mol. The third kappa shape index (κ3) is 4.28. The van der Waals surface area contributed by atoms with Crippen LogP contribution in [0.1, 0.15) is 32.5 Å². The van der Waals surface area contributed by atoms with Gasteiger partial charge in [0.15, 0.2) is 0 Å². The van der Waals surface area contributed by atoms with Crippen molar-refractivity contribution < 1.29 is 4.79 Å². The molecule has 28 heavy (non-hydrogen) atoms. The smallest absolute Gasteiger partial charge is 0.251 e. The predicted molar refractivity (Wildman–Crippen MR) is 116 cm³/mol. The molecule has 0 aliphatic carbocycles. The van der Waals surface area contributed by atoms with Crippen molar-refractivity contribution in [2.75, 3.05) is 25.0 Å². The molecule has 0 saturated carbocycles. The number of amides is 1. The van der Waals surface area contributed by atoms with Gasteiger partial charge in [-0.15, -0.1) is 0 Å². The second-order valence-electron chi connectivity index (χ2n) is 6.81. The highest BCUT2D eigenvalue weighted by Gasteiger charge is 2.20. The molecule has 0 fully saturated rings. The van der Waals surface area contributed by atoms with Crippen LogP contribution in [-0.2, 0) is 11.3 Å². The maximum atomic E-state index is 12.9. The van der Waals surface area contributed by atoms with Crippen LogP contribution >= 0.6 is 15.9 Å². The summed E-state index contributed by atoms with van der Waals surface area (Å²) in [7, 11) is 0. The van der Waals surface area contributed by atoms with E-state index in [2.05, 4.69) is 54.6 Å². The van der Waals surface area contributed by atoms with E-state index < -0.39 is 6.04 Å². The van der Waals surface area contributed by atoms with Crippen LogP contribution in [0.3, 0.4) is 0 Å². The van der Waals surface area contributed by atoms with Gasteiger partial charge in [0.05, 0.1) is 21.2 Å². The average Bonchev–Trinajstić information content (AvgIpc) is 3.21. The molecule has 2 heterocycles. The number of hydrogen-bond donors (Lipinski definition) is 1. The topological polar surface area (TPSA) is 68.0 Å². The molecule has 150 valence electrons. The summed E-state index contributed by atoms with van der Waals surface area (Å²) >= 11 is 3.45. The lowest BCUT2D eigenvalue weighted by Gasteiger charge is -2.20. The Morgan fingerprint density at radius 1 is 1.29 bits per heavy atom. The minimum atomic E-state index is -0.443. The fraction of sp³-hybridized carbons (Fsp3) is 0.450. The van der Waals surface area contributed by atoms with Gasteiger partial charge in [-0.1, -0.05) is 26.0 Å². The lowest BCUT2D eigenvalue weighted by molar-refractivity contribution is -0.119. The van der Waals surface area contributed by atoms with E-state index in [9.17, 15) is 4.79 Å². The maximum absolute atomic E-state index is 12.9. The standard InChI is InChI=1S/C20H27BrN6O/c1-5-25(6-2)11-12-26-18-10-8-7-9-17(18)22-20(26)23-19(28)15(4)27-13-16(21)14(3)24-27/h7-10,13,15H,5-6,11-12H2,1-4H3,(H,22,23,28). The number of carbonyl (C=O) groups excluding carboxylic acids is 1. The number of nitrogens with zero attached hydrogens (tertiary/aromatic N) is 5. The van der Waals surface area contributed by atoms with Crippen LogP contribution in [0, 0.1) is 6.92 Å². The third-order valence-corrected chi connectivity index (χ3v) is 5.84. The Labute approximate surface area is 173 Å². The Bertz CT molecular complexity index is 939. The number of aromatic nitrogens is 4. The molecule has 1 aromatic carbocycles. The average molecular weight is 447 g/mol. The number of para-hydroxylation sites is 2. The van der Waals surface area contributed by atoms with Crippen molar-refractivity contribution >= 4 is 38.8 Å². The molecule has 7 nitrogen and oxygen atoms in total. The highest BCUT2D eigenvalue weighted by molar-refractivity contribution is 9.10.